The van der Waals surface area contributed by atoms with E-state index in [2.05, 4.69) is 0 Å². The zero-order valence-corrected chi connectivity index (χ0v) is 13.7. The highest BCUT2D eigenvalue weighted by atomic mass is 16.4. The molecule has 0 fully saturated rings. The van der Waals surface area contributed by atoms with Crippen molar-refractivity contribution in [1.82, 2.24) is 0 Å². The number of carboxylic acid groups (broad SMARTS) is 2. The van der Waals surface area contributed by atoms with Gasteiger partial charge in [0.15, 0.2) is 0 Å². The van der Waals surface area contributed by atoms with Gasteiger partial charge in [0.25, 0.3) is 0 Å². The van der Waals surface area contributed by atoms with E-state index in [9.17, 15) is 14.4 Å². The van der Waals surface area contributed by atoms with Gasteiger partial charge < -0.3 is 26.6 Å². The van der Waals surface area contributed by atoms with Crippen LogP contribution in [0.4, 0.5) is 5.69 Å². The highest BCUT2D eigenvalue weighted by Gasteiger charge is 2.16. The first-order chi connectivity index (χ1) is 11.3. The predicted octanol–water partition coefficient (Wildman–Crippen LogP) is 0.651. The van der Waals surface area contributed by atoms with Crippen LogP contribution in [0.3, 0.4) is 0 Å². The average Bonchev–Trinajstić information content (AvgIpc) is 2.57. The van der Waals surface area contributed by atoms with Gasteiger partial charge in [-0.2, -0.15) is 0 Å². The Bertz CT molecular complexity index is 522. The smallest absolute Gasteiger partial charge is 0.323 e. The lowest BCUT2D eigenvalue weighted by molar-refractivity contribution is -0.138. The molecule has 24 heavy (non-hydrogen) atoms. The molecule has 8 nitrogen and oxygen atoms in total. The van der Waals surface area contributed by atoms with E-state index in [1.807, 2.05) is 6.07 Å². The Morgan fingerprint density at radius 2 is 1.75 bits per heavy atom. The fourth-order valence-corrected chi connectivity index (χ4v) is 1.72. The van der Waals surface area contributed by atoms with Gasteiger partial charge >= 0.3 is 11.9 Å². The second-order valence-electron chi connectivity index (χ2n) is 4.94. The number of nitrogens with zero attached hydrogens (tertiary/aromatic N) is 1. The first-order valence-electron chi connectivity index (χ1n) is 7.59. The lowest BCUT2D eigenvalue weighted by Gasteiger charge is -2.19. The summed E-state index contributed by atoms with van der Waals surface area (Å²) < 4.78 is 0. The van der Waals surface area contributed by atoms with Crippen LogP contribution < -0.4 is 16.4 Å². The monoisotopic (exact) mass is 339 g/mol. The van der Waals surface area contributed by atoms with Gasteiger partial charge in [0.05, 0.1) is 0 Å². The molecule has 0 saturated carbocycles. The molecule has 0 radical (unpaired) electrons. The molecule has 0 aliphatic carbocycles. The first kappa shape index (κ1) is 21.6. The summed E-state index contributed by atoms with van der Waals surface area (Å²) >= 11 is 0. The Balaban J connectivity index is 0.000000506. The van der Waals surface area contributed by atoms with Crippen LogP contribution >= 0.6 is 0 Å². The number of carbonyl (C=O) groups is 3. The standard InChI is InChI=1S/C11H13NO3.C5H12N2O2/c1-2-10(13)12(8-11(14)15)9-6-4-3-5-7-9;6-3-1-2-4(7)5(8)9/h3-7H,2,8H2,1H3,(H,14,15);4H,1-3,6-7H2,(H,8,9). The van der Waals surface area contributed by atoms with Gasteiger partial charge in [-0.05, 0) is 31.5 Å². The number of anilines is 1. The molecule has 1 rings (SSSR count). The van der Waals surface area contributed by atoms with Gasteiger partial charge in [-0.1, -0.05) is 25.1 Å². The third-order valence-corrected chi connectivity index (χ3v) is 3.00. The van der Waals surface area contributed by atoms with Gasteiger partial charge in [-0.25, -0.2) is 0 Å². The number of nitrogens with two attached hydrogens (primary N) is 2. The topological polar surface area (TPSA) is 147 Å². The minimum absolute atomic E-state index is 0.191. The number of amides is 1. The summed E-state index contributed by atoms with van der Waals surface area (Å²) in [5.41, 5.74) is 10.9. The summed E-state index contributed by atoms with van der Waals surface area (Å²) in [6, 6.07) is 8.06. The third-order valence-electron chi connectivity index (χ3n) is 3.00. The lowest BCUT2D eigenvalue weighted by Crippen LogP contribution is -2.35. The SMILES string of the molecule is CCC(=O)N(CC(=O)O)c1ccccc1.NCCCC(N)C(=O)O. The van der Waals surface area contributed by atoms with Crippen molar-refractivity contribution in [2.45, 2.75) is 32.2 Å². The Morgan fingerprint density at radius 3 is 2.17 bits per heavy atom. The largest absolute Gasteiger partial charge is 0.480 e. The quantitative estimate of drug-likeness (QED) is 0.543. The molecule has 0 aliphatic rings. The molecule has 1 aromatic rings. The Kier molecular flexibility index (Phi) is 10.8. The van der Waals surface area contributed by atoms with E-state index in [0.717, 1.165) is 0 Å². The molecular weight excluding hydrogens is 314 g/mol. The van der Waals surface area contributed by atoms with Crippen LogP contribution in [0.2, 0.25) is 0 Å². The van der Waals surface area contributed by atoms with Crippen molar-refractivity contribution in [3.63, 3.8) is 0 Å². The molecule has 1 unspecified atom stereocenters. The Morgan fingerprint density at radius 1 is 1.17 bits per heavy atom. The van der Waals surface area contributed by atoms with Crippen molar-refractivity contribution < 1.29 is 24.6 Å². The van der Waals surface area contributed by atoms with Gasteiger partial charge in [0, 0.05) is 12.1 Å². The van der Waals surface area contributed by atoms with E-state index < -0.39 is 18.0 Å². The van der Waals surface area contributed by atoms with Crippen LogP contribution in [-0.4, -0.2) is 47.2 Å². The molecule has 0 aliphatic heterocycles. The van der Waals surface area contributed by atoms with Crippen molar-refractivity contribution in [1.29, 1.82) is 0 Å². The van der Waals surface area contributed by atoms with Gasteiger partial charge in [-0.15, -0.1) is 0 Å². The molecule has 1 amide bonds. The Hall–Kier alpha value is -2.45. The maximum atomic E-state index is 11.5. The number of carbonyl (C=O) groups excluding carboxylic acids is 1. The molecule has 0 bridgehead atoms. The van der Waals surface area contributed by atoms with Crippen LogP contribution in [0.15, 0.2) is 30.3 Å². The molecule has 1 atom stereocenters. The highest BCUT2D eigenvalue weighted by molar-refractivity contribution is 5.97. The maximum absolute atomic E-state index is 11.5. The number of aliphatic carboxylic acids is 2. The van der Waals surface area contributed by atoms with E-state index in [1.165, 1.54) is 4.90 Å². The second-order valence-corrected chi connectivity index (χ2v) is 4.94. The van der Waals surface area contributed by atoms with Crippen LogP contribution in [0.5, 0.6) is 0 Å². The van der Waals surface area contributed by atoms with E-state index >= 15 is 0 Å². The summed E-state index contributed by atoms with van der Waals surface area (Å²) in [6.07, 6.45) is 1.43. The number of hydrogen-bond acceptors (Lipinski definition) is 5. The zero-order valence-electron chi connectivity index (χ0n) is 13.7. The lowest BCUT2D eigenvalue weighted by atomic mass is 10.2. The average molecular weight is 339 g/mol. The number of hydrogen-bond donors (Lipinski definition) is 4. The zero-order chi connectivity index (χ0) is 18.5. The van der Waals surface area contributed by atoms with E-state index in [1.54, 1.807) is 31.2 Å². The molecular formula is C16H25N3O5. The highest BCUT2D eigenvalue weighted by Crippen LogP contribution is 2.13. The minimum Gasteiger partial charge on any atom is -0.480 e. The third kappa shape index (κ3) is 8.86. The van der Waals surface area contributed by atoms with E-state index in [0.29, 0.717) is 31.5 Å². The second kappa shape index (κ2) is 12.0. The van der Waals surface area contributed by atoms with Crippen LogP contribution in [-0.2, 0) is 14.4 Å². The Labute approximate surface area is 141 Å². The minimum atomic E-state index is -1.01. The summed E-state index contributed by atoms with van der Waals surface area (Å²) in [6.45, 7) is 1.91. The van der Waals surface area contributed by atoms with E-state index in [4.69, 9.17) is 21.7 Å². The fraction of sp³-hybridized carbons (Fsp3) is 0.438. The van der Waals surface area contributed by atoms with Crippen LogP contribution in [0.1, 0.15) is 26.2 Å². The first-order valence-corrected chi connectivity index (χ1v) is 7.59. The van der Waals surface area contributed by atoms with Crippen molar-refractivity contribution in [2.75, 3.05) is 18.0 Å². The number of carboxylic acids is 2. The maximum Gasteiger partial charge on any atom is 0.323 e. The summed E-state index contributed by atoms with van der Waals surface area (Å²) in [7, 11) is 0. The van der Waals surface area contributed by atoms with Crippen molar-refractivity contribution >= 4 is 23.5 Å². The molecule has 1 aromatic carbocycles. The van der Waals surface area contributed by atoms with Crippen LogP contribution in [0, 0.1) is 0 Å². The number of rotatable bonds is 8. The van der Waals surface area contributed by atoms with Gasteiger partial charge in [0.2, 0.25) is 5.91 Å². The normalized spacial score (nSPS) is 11.0. The molecule has 0 aromatic heterocycles. The molecule has 6 N–H and O–H groups in total. The van der Waals surface area contributed by atoms with Crippen LogP contribution in [0.25, 0.3) is 0 Å². The summed E-state index contributed by atoms with van der Waals surface area (Å²) in [5, 5.41) is 16.9. The molecule has 134 valence electrons. The van der Waals surface area contributed by atoms with Crippen molar-refractivity contribution in [3.05, 3.63) is 30.3 Å². The van der Waals surface area contributed by atoms with Crippen molar-refractivity contribution in [2.24, 2.45) is 11.5 Å². The summed E-state index contributed by atoms with van der Waals surface area (Å²) in [4.78, 5) is 33.4. The number of benzene rings is 1. The molecule has 0 spiro atoms. The predicted molar refractivity (Wildman–Crippen MR) is 90.6 cm³/mol. The summed E-state index contributed by atoms with van der Waals surface area (Å²) in [5.74, 6) is -2.16. The fourth-order valence-electron chi connectivity index (χ4n) is 1.72. The van der Waals surface area contributed by atoms with Gasteiger partial charge in [0.1, 0.15) is 12.6 Å². The van der Waals surface area contributed by atoms with Gasteiger partial charge in [-0.3, -0.25) is 14.4 Å². The van der Waals surface area contributed by atoms with Crippen molar-refractivity contribution in [3.8, 4) is 0 Å². The van der Waals surface area contributed by atoms with E-state index in [-0.39, 0.29) is 12.5 Å². The number of para-hydroxylation sites is 1. The molecule has 0 saturated heterocycles. The molecule has 8 heteroatoms. The molecule has 0 heterocycles.